The fourth-order valence-corrected chi connectivity index (χ4v) is 1.97. The number of carbonyl (C=O) groups excluding carboxylic acids is 1. The first-order chi connectivity index (χ1) is 8.47. The lowest BCUT2D eigenvalue weighted by molar-refractivity contribution is -0.118. The monoisotopic (exact) mass is 314 g/mol. The molecule has 0 bridgehead atoms. The molecule has 0 spiro atoms. The summed E-state index contributed by atoms with van der Waals surface area (Å²) in [5.74, 6) is -0.0801. The molecule has 0 aliphatic heterocycles. The number of nitrogens with two attached hydrogens (primary N) is 1. The first kappa shape index (κ1) is 15.1. The van der Waals surface area contributed by atoms with Gasteiger partial charge in [-0.05, 0) is 18.1 Å². The van der Waals surface area contributed by atoms with Crippen LogP contribution in [-0.2, 0) is 16.1 Å². The Hall–Kier alpha value is -0.910. The van der Waals surface area contributed by atoms with Crippen molar-refractivity contribution in [3.05, 3.63) is 28.2 Å². The summed E-state index contributed by atoms with van der Waals surface area (Å²) in [6.45, 7) is 4.26. The summed E-state index contributed by atoms with van der Waals surface area (Å²) in [6.07, 6.45) is 0. The number of methoxy groups -OCH3 is 1. The van der Waals surface area contributed by atoms with Crippen molar-refractivity contribution >= 4 is 27.5 Å². The maximum atomic E-state index is 11.9. The number of anilines is 1. The van der Waals surface area contributed by atoms with Gasteiger partial charge in [0.15, 0.2) is 0 Å². The van der Waals surface area contributed by atoms with Gasteiger partial charge in [-0.1, -0.05) is 35.8 Å². The van der Waals surface area contributed by atoms with Gasteiger partial charge >= 0.3 is 0 Å². The number of ether oxygens (including phenoxy) is 1. The number of rotatable bonds is 5. The van der Waals surface area contributed by atoms with Crippen molar-refractivity contribution in [2.24, 2.45) is 11.7 Å². The van der Waals surface area contributed by atoms with Gasteiger partial charge in [-0.3, -0.25) is 4.79 Å². The molecule has 1 amide bonds. The van der Waals surface area contributed by atoms with E-state index in [1.165, 1.54) is 0 Å². The molecule has 1 rings (SSSR count). The van der Waals surface area contributed by atoms with Crippen LogP contribution in [0.2, 0.25) is 0 Å². The highest BCUT2D eigenvalue weighted by Gasteiger charge is 2.18. The number of carbonyl (C=O) groups is 1. The van der Waals surface area contributed by atoms with E-state index in [0.717, 1.165) is 15.7 Å². The van der Waals surface area contributed by atoms with Gasteiger partial charge in [-0.2, -0.15) is 0 Å². The zero-order chi connectivity index (χ0) is 13.7. The van der Waals surface area contributed by atoms with E-state index in [-0.39, 0.29) is 11.8 Å². The van der Waals surface area contributed by atoms with Crippen LogP contribution in [-0.4, -0.2) is 19.1 Å². The molecule has 0 aliphatic rings. The van der Waals surface area contributed by atoms with E-state index >= 15 is 0 Å². The van der Waals surface area contributed by atoms with E-state index in [4.69, 9.17) is 10.5 Å². The molecule has 0 saturated carbocycles. The minimum atomic E-state index is -0.514. The molecular formula is C13H19BrN2O2. The molecule has 0 heterocycles. The van der Waals surface area contributed by atoms with Crippen molar-refractivity contribution in [1.29, 1.82) is 0 Å². The van der Waals surface area contributed by atoms with E-state index in [9.17, 15) is 4.79 Å². The Morgan fingerprint density at radius 2 is 2.17 bits per heavy atom. The van der Waals surface area contributed by atoms with Crippen LogP contribution in [0.1, 0.15) is 19.4 Å². The Bertz CT molecular complexity index is 421. The van der Waals surface area contributed by atoms with E-state index in [1.54, 1.807) is 7.11 Å². The minimum Gasteiger partial charge on any atom is -0.380 e. The second-order valence-corrected chi connectivity index (χ2v) is 5.31. The normalized spacial score (nSPS) is 12.6. The third kappa shape index (κ3) is 3.80. The average Bonchev–Trinajstić information content (AvgIpc) is 2.32. The molecule has 0 saturated heterocycles. The van der Waals surface area contributed by atoms with Gasteiger partial charge in [0.2, 0.25) is 5.91 Å². The zero-order valence-corrected chi connectivity index (χ0v) is 12.5. The van der Waals surface area contributed by atoms with Gasteiger partial charge in [0, 0.05) is 22.8 Å². The van der Waals surface area contributed by atoms with E-state index in [2.05, 4.69) is 21.2 Å². The molecule has 1 aromatic rings. The largest absolute Gasteiger partial charge is 0.380 e. The molecule has 0 fully saturated rings. The molecule has 1 aromatic carbocycles. The molecule has 18 heavy (non-hydrogen) atoms. The first-order valence-corrected chi connectivity index (χ1v) is 6.59. The van der Waals surface area contributed by atoms with Gasteiger partial charge < -0.3 is 15.8 Å². The molecular weight excluding hydrogens is 296 g/mol. The summed E-state index contributed by atoms with van der Waals surface area (Å²) in [5.41, 5.74) is 7.45. The maximum absolute atomic E-state index is 11.9. The Morgan fingerprint density at radius 3 is 2.72 bits per heavy atom. The highest BCUT2D eigenvalue weighted by atomic mass is 79.9. The van der Waals surface area contributed by atoms with Crippen LogP contribution in [0.4, 0.5) is 5.69 Å². The summed E-state index contributed by atoms with van der Waals surface area (Å²) in [6, 6.07) is 5.09. The number of nitrogens with one attached hydrogen (secondary N) is 1. The number of hydrogen-bond donors (Lipinski definition) is 2. The minimum absolute atomic E-state index is 0.100. The molecule has 100 valence electrons. The Balaban J connectivity index is 2.90. The molecule has 0 unspecified atom stereocenters. The predicted octanol–water partition coefficient (Wildman–Crippen LogP) is 2.52. The molecule has 4 nitrogen and oxygen atoms in total. The Kier molecular flexibility index (Phi) is 5.78. The van der Waals surface area contributed by atoms with E-state index < -0.39 is 6.04 Å². The van der Waals surface area contributed by atoms with Crippen LogP contribution in [0.5, 0.6) is 0 Å². The summed E-state index contributed by atoms with van der Waals surface area (Å²) in [4.78, 5) is 11.9. The first-order valence-electron chi connectivity index (χ1n) is 5.80. The number of halogens is 1. The molecule has 1 atom stereocenters. The summed E-state index contributed by atoms with van der Waals surface area (Å²) in [7, 11) is 1.62. The molecule has 0 radical (unpaired) electrons. The Morgan fingerprint density at radius 1 is 1.50 bits per heavy atom. The molecule has 0 aliphatic carbocycles. The quantitative estimate of drug-likeness (QED) is 0.877. The number of hydrogen-bond acceptors (Lipinski definition) is 3. The lowest BCUT2D eigenvalue weighted by atomic mass is 10.0. The van der Waals surface area contributed by atoms with Crippen LogP contribution < -0.4 is 11.1 Å². The van der Waals surface area contributed by atoms with E-state index in [1.807, 2.05) is 32.0 Å². The third-order valence-corrected chi connectivity index (χ3v) is 3.43. The SMILES string of the molecule is COCc1c(Br)cccc1NC(=O)[C@@H](N)C(C)C. The Labute approximate surface area is 116 Å². The number of benzene rings is 1. The van der Waals surface area contributed by atoms with Crippen molar-refractivity contribution in [3.8, 4) is 0 Å². The topological polar surface area (TPSA) is 64.3 Å². The van der Waals surface area contributed by atoms with Gasteiger partial charge in [0.1, 0.15) is 0 Å². The van der Waals surface area contributed by atoms with Crippen LogP contribution in [0, 0.1) is 5.92 Å². The highest BCUT2D eigenvalue weighted by Crippen LogP contribution is 2.25. The van der Waals surface area contributed by atoms with Gasteiger partial charge in [-0.25, -0.2) is 0 Å². The second kappa shape index (κ2) is 6.87. The summed E-state index contributed by atoms with van der Waals surface area (Å²) < 4.78 is 6.03. The van der Waals surface area contributed by atoms with E-state index in [0.29, 0.717) is 6.61 Å². The average molecular weight is 315 g/mol. The van der Waals surface area contributed by atoms with Crippen molar-refractivity contribution < 1.29 is 9.53 Å². The number of amides is 1. The van der Waals surface area contributed by atoms with Crippen LogP contribution in [0.15, 0.2) is 22.7 Å². The fourth-order valence-electron chi connectivity index (χ4n) is 1.49. The fraction of sp³-hybridized carbons (Fsp3) is 0.462. The molecule has 0 aromatic heterocycles. The molecule has 5 heteroatoms. The van der Waals surface area contributed by atoms with Crippen molar-refractivity contribution in [3.63, 3.8) is 0 Å². The second-order valence-electron chi connectivity index (χ2n) is 4.46. The lowest BCUT2D eigenvalue weighted by Gasteiger charge is -2.17. The third-order valence-electron chi connectivity index (χ3n) is 2.69. The maximum Gasteiger partial charge on any atom is 0.241 e. The van der Waals surface area contributed by atoms with Gasteiger partial charge in [0.25, 0.3) is 0 Å². The lowest BCUT2D eigenvalue weighted by Crippen LogP contribution is -2.39. The van der Waals surface area contributed by atoms with Crippen LogP contribution >= 0.6 is 15.9 Å². The zero-order valence-electron chi connectivity index (χ0n) is 10.9. The summed E-state index contributed by atoms with van der Waals surface area (Å²) >= 11 is 3.44. The predicted molar refractivity (Wildman–Crippen MR) is 76.3 cm³/mol. The van der Waals surface area contributed by atoms with Crippen LogP contribution in [0.3, 0.4) is 0 Å². The molecule has 3 N–H and O–H groups in total. The van der Waals surface area contributed by atoms with Gasteiger partial charge in [0.05, 0.1) is 12.6 Å². The van der Waals surface area contributed by atoms with Crippen molar-refractivity contribution in [2.75, 3.05) is 12.4 Å². The summed E-state index contributed by atoms with van der Waals surface area (Å²) in [5, 5.41) is 2.84. The highest BCUT2D eigenvalue weighted by molar-refractivity contribution is 9.10. The standard InChI is InChI=1S/C13H19BrN2O2/c1-8(2)12(15)13(17)16-11-6-4-5-10(14)9(11)7-18-3/h4-6,8,12H,7,15H2,1-3H3,(H,16,17)/t12-/m0/s1. The van der Waals surface area contributed by atoms with Gasteiger partial charge in [-0.15, -0.1) is 0 Å². The van der Waals surface area contributed by atoms with Crippen molar-refractivity contribution in [2.45, 2.75) is 26.5 Å². The van der Waals surface area contributed by atoms with Crippen LogP contribution in [0.25, 0.3) is 0 Å². The van der Waals surface area contributed by atoms with Crippen molar-refractivity contribution in [1.82, 2.24) is 0 Å². The smallest absolute Gasteiger partial charge is 0.241 e.